The van der Waals surface area contributed by atoms with Crippen molar-refractivity contribution in [3.8, 4) is 22.3 Å². The minimum Gasteiger partial charge on any atom is -0.311 e. The molecule has 0 fully saturated rings. The first-order valence-electron chi connectivity index (χ1n) is 22.3. The SMILES string of the molecule is Cc1cc2c3c(c1)N(c1ccc(C(C)(C)C)cc1)c1c(sc4c1C(C)(C)CCC4(C)C)B3c1cc(C(C)(C)C)ccc1N2c1cc(-c2ccccc2)cc(-c2ccccc2)c1. The van der Waals surface area contributed by atoms with Crippen LogP contribution < -0.4 is 25.5 Å². The van der Waals surface area contributed by atoms with Crippen LogP contribution in [0.25, 0.3) is 22.3 Å². The van der Waals surface area contributed by atoms with Gasteiger partial charge in [0.1, 0.15) is 0 Å². The Balaban J connectivity index is 1.32. The minimum atomic E-state index is -0.0129. The summed E-state index contributed by atoms with van der Waals surface area (Å²) in [7, 11) is 0. The number of fused-ring (bicyclic) bond motifs is 6. The number of nitrogens with zero attached hydrogens (tertiary/aromatic N) is 2. The number of anilines is 6. The molecule has 1 aromatic heterocycles. The fourth-order valence-corrected chi connectivity index (χ4v) is 12.1. The second-order valence-corrected chi connectivity index (χ2v) is 22.5. The van der Waals surface area contributed by atoms with E-state index in [1.54, 1.807) is 10.4 Å². The molecule has 306 valence electrons. The maximum Gasteiger partial charge on any atom is 0.264 e. The van der Waals surface area contributed by atoms with Crippen molar-refractivity contribution in [3.05, 3.63) is 161 Å². The van der Waals surface area contributed by atoms with Crippen LogP contribution in [0.3, 0.4) is 0 Å². The highest BCUT2D eigenvalue weighted by Crippen LogP contribution is 2.56. The highest BCUT2D eigenvalue weighted by atomic mass is 32.1. The molecule has 2 aliphatic heterocycles. The van der Waals surface area contributed by atoms with Crippen molar-refractivity contribution in [1.29, 1.82) is 0 Å². The molecule has 7 aromatic rings. The van der Waals surface area contributed by atoms with Gasteiger partial charge in [-0.15, -0.1) is 0 Å². The molecule has 1 aliphatic carbocycles. The van der Waals surface area contributed by atoms with Crippen molar-refractivity contribution >= 4 is 67.9 Å². The predicted octanol–water partition coefficient (Wildman–Crippen LogP) is 14.4. The summed E-state index contributed by atoms with van der Waals surface area (Å²) in [5, 5.41) is 0. The van der Waals surface area contributed by atoms with Crippen molar-refractivity contribution in [2.45, 2.75) is 111 Å². The van der Waals surface area contributed by atoms with E-state index in [0.717, 1.165) is 0 Å². The van der Waals surface area contributed by atoms with Gasteiger partial charge in [-0.25, -0.2) is 0 Å². The van der Waals surface area contributed by atoms with Gasteiger partial charge in [-0.1, -0.05) is 154 Å². The van der Waals surface area contributed by atoms with Crippen molar-refractivity contribution in [2.24, 2.45) is 0 Å². The van der Waals surface area contributed by atoms with Crippen molar-refractivity contribution in [3.63, 3.8) is 0 Å². The Bertz CT molecular complexity index is 2780. The molecule has 0 unspecified atom stereocenters. The Kier molecular flexibility index (Phi) is 9.03. The molecule has 6 aromatic carbocycles. The smallest absolute Gasteiger partial charge is 0.264 e. The summed E-state index contributed by atoms with van der Waals surface area (Å²) in [6.07, 6.45) is 2.36. The van der Waals surface area contributed by atoms with Crippen LogP contribution in [-0.4, -0.2) is 6.71 Å². The van der Waals surface area contributed by atoms with E-state index in [-0.39, 0.29) is 28.4 Å². The van der Waals surface area contributed by atoms with Crippen molar-refractivity contribution in [1.82, 2.24) is 0 Å². The van der Waals surface area contributed by atoms with E-state index < -0.39 is 0 Å². The average Bonchev–Trinajstić information content (AvgIpc) is 3.65. The van der Waals surface area contributed by atoms with E-state index >= 15 is 0 Å². The largest absolute Gasteiger partial charge is 0.311 e. The molecule has 3 aliphatic rings. The van der Waals surface area contributed by atoms with Crippen LogP contribution in [0.5, 0.6) is 0 Å². The third-order valence-electron chi connectivity index (χ3n) is 13.9. The second kappa shape index (κ2) is 13.8. The standard InChI is InChI=1S/C57H59BN2S/c1-36-30-47-50-48(31-36)60(43-25-22-41(23-26-43)54(2,3)4)51-49-52(57(10,11)29-28-56(49,8)9)61-53(51)58(50)45-35-42(55(5,6)7)24-27-46(45)59(47)44-33-39(37-18-14-12-15-19-37)32-40(34-44)38-20-16-13-17-21-38/h12-27,30-35H,28-29H2,1-11H3. The topological polar surface area (TPSA) is 6.48 Å². The number of aryl methyl sites for hydroxylation is 1. The normalized spacial score (nSPS) is 16.1. The highest BCUT2D eigenvalue weighted by Gasteiger charge is 2.51. The van der Waals surface area contributed by atoms with Crippen LogP contribution in [-0.2, 0) is 21.7 Å². The van der Waals surface area contributed by atoms with E-state index in [4.69, 9.17) is 0 Å². The molecule has 0 spiro atoms. The van der Waals surface area contributed by atoms with Crippen LogP contribution in [0, 0.1) is 6.92 Å². The van der Waals surface area contributed by atoms with Gasteiger partial charge in [-0.2, -0.15) is 11.3 Å². The zero-order chi connectivity index (χ0) is 42.8. The molecule has 4 heteroatoms. The van der Waals surface area contributed by atoms with Crippen LogP contribution >= 0.6 is 11.3 Å². The first-order valence-corrected chi connectivity index (χ1v) is 23.2. The maximum atomic E-state index is 2.69. The first kappa shape index (κ1) is 39.8. The zero-order valence-electron chi connectivity index (χ0n) is 38.0. The van der Waals surface area contributed by atoms with E-state index in [0.29, 0.717) is 0 Å². The van der Waals surface area contributed by atoms with Crippen LogP contribution in [0.4, 0.5) is 34.1 Å². The molecule has 61 heavy (non-hydrogen) atoms. The lowest BCUT2D eigenvalue weighted by molar-refractivity contribution is 0.339. The van der Waals surface area contributed by atoms with Crippen LogP contribution in [0.2, 0.25) is 0 Å². The minimum absolute atomic E-state index is 0.0129. The summed E-state index contributed by atoms with van der Waals surface area (Å²) >= 11 is 2.11. The molecule has 0 bridgehead atoms. The Morgan fingerprint density at radius 2 is 1.07 bits per heavy atom. The summed E-state index contributed by atoms with van der Waals surface area (Å²) in [5.41, 5.74) is 21.0. The Labute approximate surface area is 369 Å². The van der Waals surface area contributed by atoms with E-state index in [2.05, 4.69) is 231 Å². The molecule has 0 amide bonds. The number of benzene rings is 6. The lowest BCUT2D eigenvalue weighted by atomic mass is 9.35. The number of thiophene rings is 1. The first-order chi connectivity index (χ1) is 28.9. The molecule has 0 radical (unpaired) electrons. The highest BCUT2D eigenvalue weighted by molar-refractivity contribution is 7.29. The van der Waals surface area contributed by atoms with Gasteiger partial charge in [-0.05, 0) is 145 Å². The molecule has 0 N–H and O–H groups in total. The fourth-order valence-electron chi connectivity index (χ4n) is 10.4. The number of hydrogen-bond donors (Lipinski definition) is 0. The Hall–Kier alpha value is -5.32. The van der Waals surface area contributed by atoms with E-state index in [9.17, 15) is 0 Å². The zero-order valence-corrected chi connectivity index (χ0v) is 38.8. The van der Waals surface area contributed by atoms with Gasteiger partial charge in [0.25, 0.3) is 6.71 Å². The van der Waals surface area contributed by atoms with Gasteiger partial charge >= 0.3 is 0 Å². The van der Waals surface area contributed by atoms with Crippen LogP contribution in [0.1, 0.15) is 109 Å². The van der Waals surface area contributed by atoms with Gasteiger partial charge in [0, 0.05) is 38.1 Å². The van der Waals surface area contributed by atoms with E-state index in [1.165, 1.54) is 102 Å². The summed E-state index contributed by atoms with van der Waals surface area (Å²) in [6, 6.07) is 50.9. The third-order valence-corrected chi connectivity index (χ3v) is 15.5. The second-order valence-electron chi connectivity index (χ2n) is 21.4. The van der Waals surface area contributed by atoms with E-state index in [1.807, 2.05) is 0 Å². The molecule has 10 rings (SSSR count). The van der Waals surface area contributed by atoms with Gasteiger partial charge in [0.2, 0.25) is 0 Å². The molecular formula is C57H59BN2S. The molecule has 0 atom stereocenters. The van der Waals surface area contributed by atoms with Crippen LogP contribution in [0.15, 0.2) is 133 Å². The lowest BCUT2D eigenvalue weighted by Crippen LogP contribution is -2.61. The summed E-state index contributed by atoms with van der Waals surface area (Å²) in [4.78, 5) is 6.86. The average molecular weight is 815 g/mol. The van der Waals surface area contributed by atoms with Crippen molar-refractivity contribution < 1.29 is 0 Å². The third kappa shape index (κ3) is 6.51. The summed E-state index contributed by atoms with van der Waals surface area (Å²) in [6.45, 7) is 26.4. The van der Waals surface area contributed by atoms with Gasteiger partial charge in [-0.3, -0.25) is 0 Å². The fraction of sp³-hybridized carbons (Fsp3) is 0.298. The van der Waals surface area contributed by atoms with Gasteiger partial charge < -0.3 is 9.80 Å². The van der Waals surface area contributed by atoms with Gasteiger partial charge in [0.05, 0.1) is 5.69 Å². The Morgan fingerprint density at radius 3 is 1.64 bits per heavy atom. The summed E-state index contributed by atoms with van der Waals surface area (Å²) < 4.78 is 1.49. The molecule has 0 saturated carbocycles. The molecule has 0 saturated heterocycles. The van der Waals surface area contributed by atoms with Gasteiger partial charge in [0.15, 0.2) is 0 Å². The number of rotatable bonds is 4. The quantitative estimate of drug-likeness (QED) is 0.163. The molecule has 2 nitrogen and oxygen atoms in total. The Morgan fingerprint density at radius 1 is 0.525 bits per heavy atom. The lowest BCUT2D eigenvalue weighted by Gasteiger charge is -2.45. The monoisotopic (exact) mass is 814 g/mol. The molecule has 3 heterocycles. The predicted molar refractivity (Wildman–Crippen MR) is 267 cm³/mol. The molecular weight excluding hydrogens is 756 g/mol. The van der Waals surface area contributed by atoms with Crippen molar-refractivity contribution in [2.75, 3.05) is 9.80 Å². The summed E-state index contributed by atoms with van der Waals surface area (Å²) in [5.74, 6) is 0. The maximum absolute atomic E-state index is 2.69. The number of hydrogen-bond acceptors (Lipinski definition) is 3.